The van der Waals surface area contributed by atoms with Gasteiger partial charge >= 0.3 is 0 Å². The molecule has 0 atom stereocenters. The Morgan fingerprint density at radius 3 is 2.59 bits per heavy atom. The molecule has 8 nitrogen and oxygen atoms in total. The van der Waals surface area contributed by atoms with Crippen molar-refractivity contribution < 1.29 is 4.79 Å². The highest BCUT2D eigenvalue weighted by molar-refractivity contribution is 5.77. The quantitative estimate of drug-likeness (QED) is 0.614. The zero-order valence-corrected chi connectivity index (χ0v) is 15.9. The fourth-order valence-electron chi connectivity index (χ4n) is 2.84. The van der Waals surface area contributed by atoms with Crippen LogP contribution in [-0.2, 0) is 24.9 Å². The Hall–Kier alpha value is -3.00. The van der Waals surface area contributed by atoms with E-state index in [-0.39, 0.29) is 18.0 Å². The van der Waals surface area contributed by atoms with E-state index in [4.69, 9.17) is 0 Å². The maximum absolute atomic E-state index is 12.9. The largest absolute Gasteiger partial charge is 0.336 e. The SMILES string of the molecule is CN(C)CCN(Cc1ccccc1)C(=O)Cn1cnc2c(cnn2C)c1=O. The molecule has 0 spiro atoms. The number of aromatic nitrogens is 4. The first kappa shape index (κ1) is 18.8. The average molecular weight is 368 g/mol. The monoisotopic (exact) mass is 368 g/mol. The van der Waals surface area contributed by atoms with Crippen LogP contribution in [0.15, 0.2) is 47.7 Å². The van der Waals surface area contributed by atoms with Crippen LogP contribution >= 0.6 is 0 Å². The molecule has 142 valence electrons. The lowest BCUT2D eigenvalue weighted by molar-refractivity contribution is -0.132. The molecule has 0 saturated carbocycles. The van der Waals surface area contributed by atoms with Crippen LogP contribution in [0.1, 0.15) is 5.56 Å². The molecule has 0 aliphatic carbocycles. The fourth-order valence-corrected chi connectivity index (χ4v) is 2.84. The molecule has 3 rings (SSSR count). The molecule has 0 N–H and O–H groups in total. The fraction of sp³-hybridized carbons (Fsp3) is 0.368. The van der Waals surface area contributed by atoms with Crippen molar-refractivity contribution in [1.29, 1.82) is 0 Å². The number of hydrogen-bond donors (Lipinski definition) is 0. The average Bonchev–Trinajstić information content (AvgIpc) is 3.03. The summed E-state index contributed by atoms with van der Waals surface area (Å²) in [6.07, 6.45) is 2.90. The Morgan fingerprint density at radius 2 is 1.89 bits per heavy atom. The lowest BCUT2D eigenvalue weighted by atomic mass is 10.2. The second-order valence-electron chi connectivity index (χ2n) is 6.79. The van der Waals surface area contributed by atoms with E-state index in [0.717, 1.165) is 12.1 Å². The van der Waals surface area contributed by atoms with Gasteiger partial charge in [0.2, 0.25) is 5.91 Å². The van der Waals surface area contributed by atoms with Crippen molar-refractivity contribution in [1.82, 2.24) is 29.1 Å². The summed E-state index contributed by atoms with van der Waals surface area (Å²) in [5.41, 5.74) is 1.31. The van der Waals surface area contributed by atoms with Crippen molar-refractivity contribution in [3.8, 4) is 0 Å². The Bertz CT molecular complexity index is 977. The number of likely N-dealkylation sites (N-methyl/N-ethyl adjacent to an activating group) is 1. The summed E-state index contributed by atoms with van der Waals surface area (Å²) in [6, 6.07) is 9.84. The van der Waals surface area contributed by atoms with Gasteiger partial charge in [0, 0.05) is 26.7 Å². The summed E-state index contributed by atoms with van der Waals surface area (Å²) in [5.74, 6) is -0.118. The molecular weight excluding hydrogens is 344 g/mol. The van der Waals surface area contributed by atoms with Crippen LogP contribution in [0.4, 0.5) is 0 Å². The molecule has 0 aliphatic heterocycles. The van der Waals surface area contributed by atoms with Gasteiger partial charge in [-0.2, -0.15) is 5.10 Å². The molecule has 1 amide bonds. The molecule has 0 aliphatic rings. The van der Waals surface area contributed by atoms with Gasteiger partial charge < -0.3 is 9.80 Å². The number of benzene rings is 1. The highest BCUT2D eigenvalue weighted by Gasteiger charge is 2.17. The van der Waals surface area contributed by atoms with E-state index >= 15 is 0 Å². The molecule has 2 aromatic heterocycles. The van der Waals surface area contributed by atoms with Crippen LogP contribution in [0.2, 0.25) is 0 Å². The molecule has 0 bridgehead atoms. The summed E-state index contributed by atoms with van der Waals surface area (Å²) >= 11 is 0. The van der Waals surface area contributed by atoms with Crippen LogP contribution in [0.5, 0.6) is 0 Å². The first-order valence-electron chi connectivity index (χ1n) is 8.79. The summed E-state index contributed by atoms with van der Waals surface area (Å²) in [7, 11) is 5.67. The van der Waals surface area contributed by atoms with E-state index < -0.39 is 0 Å². The van der Waals surface area contributed by atoms with Crippen molar-refractivity contribution >= 4 is 16.9 Å². The molecule has 3 aromatic rings. The third kappa shape index (κ3) is 4.40. The number of carbonyl (C=O) groups excluding carboxylic acids is 1. The van der Waals surface area contributed by atoms with E-state index in [2.05, 4.69) is 10.1 Å². The minimum absolute atomic E-state index is 0.0447. The normalized spacial score (nSPS) is 11.3. The first-order valence-corrected chi connectivity index (χ1v) is 8.79. The molecule has 0 unspecified atom stereocenters. The second-order valence-corrected chi connectivity index (χ2v) is 6.79. The van der Waals surface area contributed by atoms with Crippen molar-refractivity contribution in [3.05, 3.63) is 58.8 Å². The predicted molar refractivity (Wildman–Crippen MR) is 103 cm³/mol. The van der Waals surface area contributed by atoms with E-state index in [1.165, 1.54) is 17.1 Å². The summed E-state index contributed by atoms with van der Waals surface area (Å²) in [4.78, 5) is 33.6. The Kier molecular flexibility index (Phi) is 5.66. The van der Waals surface area contributed by atoms with Gasteiger partial charge in [-0.15, -0.1) is 0 Å². The Labute approximate surface area is 157 Å². The number of amides is 1. The second kappa shape index (κ2) is 8.13. The van der Waals surface area contributed by atoms with Gasteiger partial charge in [0.05, 0.1) is 6.20 Å². The van der Waals surface area contributed by atoms with Gasteiger partial charge in [0.1, 0.15) is 18.3 Å². The minimum atomic E-state index is -0.256. The minimum Gasteiger partial charge on any atom is -0.336 e. The Balaban J connectivity index is 1.81. The van der Waals surface area contributed by atoms with Crippen LogP contribution in [-0.4, -0.2) is 62.2 Å². The molecule has 1 aromatic carbocycles. The highest BCUT2D eigenvalue weighted by atomic mass is 16.2. The first-order chi connectivity index (χ1) is 13.0. The zero-order chi connectivity index (χ0) is 19.4. The summed E-state index contributed by atoms with van der Waals surface area (Å²) in [5, 5.41) is 4.47. The zero-order valence-electron chi connectivity index (χ0n) is 15.9. The standard InChI is InChI=1S/C19H24N6O2/c1-22(2)9-10-24(12-15-7-5-4-6-8-15)17(26)13-25-14-20-18-16(19(25)27)11-21-23(18)3/h4-8,11,14H,9-10,12-13H2,1-3H3. The van der Waals surface area contributed by atoms with Crippen LogP contribution in [0.25, 0.3) is 11.0 Å². The van der Waals surface area contributed by atoms with Gasteiger partial charge in [-0.1, -0.05) is 30.3 Å². The maximum atomic E-state index is 12.9. The number of fused-ring (bicyclic) bond motifs is 1. The van der Waals surface area contributed by atoms with Gasteiger partial charge in [0.25, 0.3) is 5.56 Å². The van der Waals surface area contributed by atoms with Crippen molar-refractivity contribution in [2.24, 2.45) is 7.05 Å². The number of rotatable bonds is 7. The molecule has 8 heteroatoms. The number of aryl methyl sites for hydroxylation is 1. The highest BCUT2D eigenvalue weighted by Crippen LogP contribution is 2.07. The van der Waals surface area contributed by atoms with Gasteiger partial charge in [0.15, 0.2) is 5.65 Å². The smallest absolute Gasteiger partial charge is 0.264 e. The van der Waals surface area contributed by atoms with Crippen molar-refractivity contribution in [2.75, 3.05) is 27.2 Å². The molecular formula is C19H24N6O2. The van der Waals surface area contributed by atoms with Crippen molar-refractivity contribution in [2.45, 2.75) is 13.1 Å². The van der Waals surface area contributed by atoms with Crippen molar-refractivity contribution in [3.63, 3.8) is 0 Å². The maximum Gasteiger partial charge on any atom is 0.264 e. The molecule has 0 radical (unpaired) electrons. The summed E-state index contributed by atoms with van der Waals surface area (Å²) < 4.78 is 2.89. The van der Waals surface area contributed by atoms with Crippen LogP contribution in [0, 0.1) is 0 Å². The predicted octanol–water partition coefficient (Wildman–Crippen LogP) is 0.720. The van der Waals surface area contributed by atoms with Crippen LogP contribution < -0.4 is 5.56 Å². The summed E-state index contributed by atoms with van der Waals surface area (Å²) in [6.45, 7) is 1.78. The molecule has 0 saturated heterocycles. The van der Waals surface area contributed by atoms with E-state index in [0.29, 0.717) is 24.1 Å². The van der Waals surface area contributed by atoms with Gasteiger partial charge in [-0.25, -0.2) is 4.98 Å². The lowest BCUT2D eigenvalue weighted by Crippen LogP contribution is -2.39. The number of nitrogens with zero attached hydrogens (tertiary/aromatic N) is 6. The molecule has 27 heavy (non-hydrogen) atoms. The van der Waals surface area contributed by atoms with E-state index in [1.807, 2.05) is 49.3 Å². The topological polar surface area (TPSA) is 76.3 Å². The molecule has 2 heterocycles. The third-order valence-corrected chi connectivity index (χ3v) is 4.41. The third-order valence-electron chi connectivity index (χ3n) is 4.41. The van der Waals surface area contributed by atoms with Gasteiger partial charge in [-0.05, 0) is 19.7 Å². The Morgan fingerprint density at radius 1 is 1.15 bits per heavy atom. The van der Waals surface area contributed by atoms with E-state index in [9.17, 15) is 9.59 Å². The molecule has 0 fully saturated rings. The van der Waals surface area contributed by atoms with Crippen LogP contribution in [0.3, 0.4) is 0 Å². The number of carbonyl (C=O) groups is 1. The van der Waals surface area contributed by atoms with Gasteiger partial charge in [-0.3, -0.25) is 18.8 Å². The van der Waals surface area contributed by atoms with E-state index in [1.54, 1.807) is 16.6 Å². The lowest BCUT2D eigenvalue weighted by Gasteiger charge is -2.25. The number of hydrogen-bond acceptors (Lipinski definition) is 5.